The second-order valence-corrected chi connectivity index (χ2v) is 3.80. The van der Waals surface area contributed by atoms with Gasteiger partial charge in [0.1, 0.15) is 0 Å². The maximum Gasteiger partial charge on any atom is 0.219 e. The van der Waals surface area contributed by atoms with Crippen molar-refractivity contribution in [3.63, 3.8) is 0 Å². The average molecular weight is 215 g/mol. The van der Waals surface area contributed by atoms with Gasteiger partial charge >= 0.3 is 0 Å². The Hall–Kier alpha value is -0.610. The molecule has 0 unspecified atom stereocenters. The maximum absolute atomic E-state index is 11.3. The van der Waals surface area contributed by atoms with Crippen LogP contribution in [0.1, 0.15) is 44.9 Å². The number of hydrogen-bond donors (Lipinski definition) is 3. The Kier molecular flexibility index (Phi) is 11.0. The largest absolute Gasteiger partial charge is 0.356 e. The van der Waals surface area contributed by atoms with Crippen molar-refractivity contribution in [2.45, 2.75) is 44.9 Å². The number of hydrogen-bond acceptors (Lipinski definition) is 3. The molecule has 0 aliphatic carbocycles. The fourth-order valence-electron chi connectivity index (χ4n) is 1.37. The van der Waals surface area contributed by atoms with Crippen molar-refractivity contribution in [3.05, 3.63) is 0 Å². The van der Waals surface area contributed by atoms with Gasteiger partial charge in [-0.1, -0.05) is 12.8 Å². The van der Waals surface area contributed by atoms with Gasteiger partial charge in [-0.3, -0.25) is 4.79 Å². The highest BCUT2D eigenvalue weighted by molar-refractivity contribution is 5.75. The third-order valence-corrected chi connectivity index (χ3v) is 2.31. The number of rotatable bonds is 10. The summed E-state index contributed by atoms with van der Waals surface area (Å²) in [5.74, 6) is 0.166. The Balaban J connectivity index is 3.11. The summed E-state index contributed by atoms with van der Waals surface area (Å²) < 4.78 is 0. The van der Waals surface area contributed by atoms with Crippen molar-refractivity contribution in [2.24, 2.45) is 11.5 Å². The van der Waals surface area contributed by atoms with E-state index in [0.29, 0.717) is 6.42 Å². The molecule has 15 heavy (non-hydrogen) atoms. The number of carbonyl (C=O) groups excluding carboxylic acids is 1. The minimum absolute atomic E-state index is 0.166. The summed E-state index contributed by atoms with van der Waals surface area (Å²) in [6.07, 6.45) is 6.84. The Morgan fingerprint density at radius 3 is 2.07 bits per heavy atom. The molecule has 1 amide bonds. The van der Waals surface area contributed by atoms with Crippen LogP contribution in [0.25, 0.3) is 0 Å². The summed E-state index contributed by atoms with van der Waals surface area (Å²) in [5.41, 5.74) is 10.7. The Bertz CT molecular complexity index is 151. The summed E-state index contributed by atoms with van der Waals surface area (Å²) in [7, 11) is 0. The number of unbranched alkanes of at least 4 members (excludes halogenated alkanes) is 4. The van der Waals surface area contributed by atoms with Gasteiger partial charge in [-0.25, -0.2) is 0 Å². The van der Waals surface area contributed by atoms with Crippen molar-refractivity contribution in [2.75, 3.05) is 19.6 Å². The third kappa shape index (κ3) is 11.3. The summed E-state index contributed by atoms with van der Waals surface area (Å²) in [5, 5.41) is 2.91. The van der Waals surface area contributed by atoms with Crippen LogP contribution in [-0.2, 0) is 4.79 Å². The molecule has 0 atom stereocenters. The van der Waals surface area contributed by atoms with Crippen LogP contribution in [0.4, 0.5) is 0 Å². The molecule has 0 saturated heterocycles. The van der Waals surface area contributed by atoms with Crippen molar-refractivity contribution in [1.82, 2.24) is 5.32 Å². The van der Waals surface area contributed by atoms with Gasteiger partial charge in [-0.2, -0.15) is 0 Å². The SMILES string of the molecule is NCCCCCNC(=O)CCCCCN. The maximum atomic E-state index is 11.3. The van der Waals surface area contributed by atoms with E-state index in [1.807, 2.05) is 0 Å². The van der Waals surface area contributed by atoms with E-state index in [1.165, 1.54) is 0 Å². The molecule has 4 nitrogen and oxygen atoms in total. The van der Waals surface area contributed by atoms with E-state index in [9.17, 15) is 4.79 Å². The highest BCUT2D eigenvalue weighted by atomic mass is 16.1. The zero-order valence-corrected chi connectivity index (χ0v) is 9.63. The lowest BCUT2D eigenvalue weighted by Crippen LogP contribution is -2.24. The van der Waals surface area contributed by atoms with E-state index in [1.54, 1.807) is 0 Å². The molecule has 0 aromatic rings. The van der Waals surface area contributed by atoms with Crippen LogP contribution in [0.3, 0.4) is 0 Å². The van der Waals surface area contributed by atoms with Gasteiger partial charge in [-0.05, 0) is 38.8 Å². The van der Waals surface area contributed by atoms with Crippen LogP contribution in [0, 0.1) is 0 Å². The Labute approximate surface area is 92.8 Å². The van der Waals surface area contributed by atoms with E-state index in [0.717, 1.165) is 58.2 Å². The number of nitrogens with one attached hydrogen (secondary N) is 1. The molecule has 4 heteroatoms. The van der Waals surface area contributed by atoms with Gasteiger partial charge in [0.15, 0.2) is 0 Å². The molecule has 0 saturated carbocycles. The lowest BCUT2D eigenvalue weighted by atomic mass is 10.2. The smallest absolute Gasteiger partial charge is 0.219 e. The molecule has 0 aliphatic rings. The van der Waals surface area contributed by atoms with Gasteiger partial charge in [0, 0.05) is 13.0 Å². The number of nitrogens with two attached hydrogens (primary N) is 2. The zero-order valence-electron chi connectivity index (χ0n) is 9.63. The predicted molar refractivity (Wildman–Crippen MR) is 63.4 cm³/mol. The van der Waals surface area contributed by atoms with Crippen LogP contribution < -0.4 is 16.8 Å². The average Bonchev–Trinajstić information content (AvgIpc) is 2.24. The molecule has 0 radical (unpaired) electrons. The number of carbonyl (C=O) groups is 1. The zero-order chi connectivity index (χ0) is 11.4. The minimum Gasteiger partial charge on any atom is -0.356 e. The van der Waals surface area contributed by atoms with Crippen molar-refractivity contribution in [1.29, 1.82) is 0 Å². The highest BCUT2D eigenvalue weighted by Gasteiger charge is 1.99. The molecular weight excluding hydrogens is 190 g/mol. The molecule has 0 bridgehead atoms. The van der Waals surface area contributed by atoms with Crippen LogP contribution in [-0.4, -0.2) is 25.5 Å². The lowest BCUT2D eigenvalue weighted by Gasteiger charge is -2.04. The molecule has 0 heterocycles. The normalized spacial score (nSPS) is 10.3. The van der Waals surface area contributed by atoms with Crippen LogP contribution in [0.2, 0.25) is 0 Å². The summed E-state index contributed by atoms with van der Waals surface area (Å²) >= 11 is 0. The van der Waals surface area contributed by atoms with E-state index in [2.05, 4.69) is 5.32 Å². The first-order valence-corrected chi connectivity index (χ1v) is 5.98. The topological polar surface area (TPSA) is 81.1 Å². The van der Waals surface area contributed by atoms with E-state index in [4.69, 9.17) is 11.5 Å². The molecule has 90 valence electrons. The number of amides is 1. The van der Waals surface area contributed by atoms with Crippen LogP contribution >= 0.6 is 0 Å². The van der Waals surface area contributed by atoms with E-state index in [-0.39, 0.29) is 5.91 Å². The van der Waals surface area contributed by atoms with Gasteiger partial charge in [0.05, 0.1) is 0 Å². The summed E-state index contributed by atoms with van der Waals surface area (Å²) in [6, 6.07) is 0. The Morgan fingerprint density at radius 2 is 1.47 bits per heavy atom. The van der Waals surface area contributed by atoms with Crippen LogP contribution in [0.5, 0.6) is 0 Å². The first-order valence-electron chi connectivity index (χ1n) is 5.98. The molecular formula is C11H25N3O. The molecule has 5 N–H and O–H groups in total. The van der Waals surface area contributed by atoms with Gasteiger partial charge in [-0.15, -0.1) is 0 Å². The van der Waals surface area contributed by atoms with Crippen molar-refractivity contribution >= 4 is 5.91 Å². The quantitative estimate of drug-likeness (QED) is 0.470. The monoisotopic (exact) mass is 215 g/mol. The lowest BCUT2D eigenvalue weighted by molar-refractivity contribution is -0.121. The fourth-order valence-corrected chi connectivity index (χ4v) is 1.37. The van der Waals surface area contributed by atoms with Crippen molar-refractivity contribution in [3.8, 4) is 0 Å². The highest BCUT2D eigenvalue weighted by Crippen LogP contribution is 1.98. The first-order chi connectivity index (χ1) is 7.31. The molecule has 0 rings (SSSR count). The molecule has 0 aromatic heterocycles. The predicted octanol–water partition coefficient (Wildman–Crippen LogP) is 0.751. The molecule has 0 fully saturated rings. The summed E-state index contributed by atoms with van der Waals surface area (Å²) in [4.78, 5) is 11.3. The fraction of sp³-hybridized carbons (Fsp3) is 0.909. The first kappa shape index (κ1) is 14.4. The van der Waals surface area contributed by atoms with Gasteiger partial charge in [0.2, 0.25) is 5.91 Å². The molecule has 0 aromatic carbocycles. The molecule has 0 aliphatic heterocycles. The van der Waals surface area contributed by atoms with Crippen LogP contribution in [0.15, 0.2) is 0 Å². The van der Waals surface area contributed by atoms with E-state index < -0.39 is 0 Å². The Morgan fingerprint density at radius 1 is 0.867 bits per heavy atom. The second kappa shape index (κ2) is 11.5. The van der Waals surface area contributed by atoms with E-state index >= 15 is 0 Å². The standard InChI is InChI=1S/C11H25N3O/c12-8-4-1-3-7-11(15)14-10-6-2-5-9-13/h1-10,12-13H2,(H,14,15). The third-order valence-electron chi connectivity index (χ3n) is 2.31. The van der Waals surface area contributed by atoms with Gasteiger partial charge in [0.25, 0.3) is 0 Å². The summed E-state index contributed by atoms with van der Waals surface area (Å²) in [6.45, 7) is 2.25. The molecule has 0 spiro atoms. The second-order valence-electron chi connectivity index (χ2n) is 3.80. The van der Waals surface area contributed by atoms with Gasteiger partial charge < -0.3 is 16.8 Å². The minimum atomic E-state index is 0.166. The van der Waals surface area contributed by atoms with Crippen molar-refractivity contribution < 1.29 is 4.79 Å².